The molecule has 1 aromatic carbocycles. The zero-order valence-corrected chi connectivity index (χ0v) is 10.9. The molecule has 1 amide bonds. The van der Waals surface area contributed by atoms with Crippen molar-refractivity contribution >= 4 is 11.6 Å². The van der Waals surface area contributed by atoms with E-state index in [2.05, 4.69) is 15.3 Å². The van der Waals surface area contributed by atoms with E-state index in [9.17, 15) is 4.79 Å². The topological polar surface area (TPSA) is 77.9 Å². The number of nitrogens with one attached hydrogen (secondary N) is 1. The zero-order chi connectivity index (χ0) is 13.5. The van der Waals surface area contributed by atoms with Crippen molar-refractivity contribution in [3.63, 3.8) is 0 Å². The third kappa shape index (κ3) is 4.00. The standard InChI is InChI=1S/C14H18N4O/c15-18-17-13-8-6-12(7-9-13)14(19)16-10-11-4-2-1-3-5-11/h6-9,11H,1-5,10H2,(H,16,19). The van der Waals surface area contributed by atoms with Crippen molar-refractivity contribution in [1.82, 2.24) is 5.32 Å². The first kappa shape index (κ1) is 13.4. The molecule has 1 aliphatic carbocycles. The van der Waals surface area contributed by atoms with Gasteiger partial charge >= 0.3 is 0 Å². The van der Waals surface area contributed by atoms with Crippen LogP contribution in [0.4, 0.5) is 5.69 Å². The predicted molar refractivity (Wildman–Crippen MR) is 74.2 cm³/mol. The van der Waals surface area contributed by atoms with Crippen LogP contribution < -0.4 is 5.32 Å². The molecule has 1 saturated carbocycles. The Balaban J connectivity index is 1.86. The van der Waals surface area contributed by atoms with E-state index in [1.54, 1.807) is 24.3 Å². The third-order valence-corrected chi connectivity index (χ3v) is 3.57. The van der Waals surface area contributed by atoms with Crippen molar-refractivity contribution in [3.8, 4) is 0 Å². The summed E-state index contributed by atoms with van der Waals surface area (Å²) in [7, 11) is 0. The van der Waals surface area contributed by atoms with Gasteiger partial charge in [0.1, 0.15) is 0 Å². The van der Waals surface area contributed by atoms with Crippen LogP contribution in [0.5, 0.6) is 0 Å². The number of carbonyl (C=O) groups excluding carboxylic acids is 1. The van der Waals surface area contributed by atoms with Crippen molar-refractivity contribution in [2.75, 3.05) is 6.54 Å². The van der Waals surface area contributed by atoms with Crippen LogP contribution in [-0.4, -0.2) is 12.5 Å². The largest absolute Gasteiger partial charge is 0.352 e. The molecule has 0 spiro atoms. The minimum Gasteiger partial charge on any atom is -0.352 e. The van der Waals surface area contributed by atoms with Crippen molar-refractivity contribution < 1.29 is 4.79 Å². The van der Waals surface area contributed by atoms with E-state index >= 15 is 0 Å². The first-order chi connectivity index (χ1) is 9.29. The molecule has 0 aromatic heterocycles. The fourth-order valence-corrected chi connectivity index (χ4v) is 2.46. The molecular weight excluding hydrogens is 240 g/mol. The fourth-order valence-electron chi connectivity index (χ4n) is 2.46. The number of carbonyl (C=O) groups is 1. The summed E-state index contributed by atoms with van der Waals surface area (Å²) in [6.07, 6.45) is 6.32. The van der Waals surface area contributed by atoms with Crippen LogP contribution in [0.1, 0.15) is 42.5 Å². The minimum absolute atomic E-state index is 0.0574. The van der Waals surface area contributed by atoms with Gasteiger partial charge in [0.2, 0.25) is 0 Å². The monoisotopic (exact) mass is 258 g/mol. The van der Waals surface area contributed by atoms with Crippen LogP contribution >= 0.6 is 0 Å². The summed E-state index contributed by atoms with van der Waals surface area (Å²) in [6, 6.07) is 6.66. The van der Waals surface area contributed by atoms with Crippen molar-refractivity contribution in [2.24, 2.45) is 11.0 Å². The summed E-state index contributed by atoms with van der Waals surface area (Å²) in [5.74, 6) is 0.568. The lowest BCUT2D eigenvalue weighted by Crippen LogP contribution is -2.30. The molecule has 0 bridgehead atoms. The lowest BCUT2D eigenvalue weighted by molar-refractivity contribution is 0.0943. The van der Waals surface area contributed by atoms with Gasteiger partial charge in [0.05, 0.1) is 0 Å². The van der Waals surface area contributed by atoms with Crippen molar-refractivity contribution in [2.45, 2.75) is 32.1 Å². The minimum atomic E-state index is -0.0574. The molecule has 0 radical (unpaired) electrons. The summed E-state index contributed by atoms with van der Waals surface area (Å²) < 4.78 is 0. The highest BCUT2D eigenvalue weighted by atomic mass is 16.1. The second-order valence-electron chi connectivity index (χ2n) is 4.95. The third-order valence-electron chi connectivity index (χ3n) is 3.57. The maximum absolute atomic E-state index is 11.9. The Morgan fingerprint density at radius 2 is 1.95 bits per heavy atom. The van der Waals surface area contributed by atoms with Crippen molar-refractivity contribution in [1.29, 1.82) is 0 Å². The molecule has 1 N–H and O–H groups in total. The van der Waals surface area contributed by atoms with Gasteiger partial charge in [-0.1, -0.05) is 36.5 Å². The van der Waals surface area contributed by atoms with Gasteiger partial charge in [-0.2, -0.15) is 0 Å². The van der Waals surface area contributed by atoms with Crippen LogP contribution in [0, 0.1) is 5.92 Å². The number of hydrogen-bond acceptors (Lipinski definition) is 2. The average Bonchev–Trinajstić information content (AvgIpc) is 2.47. The number of nitrogens with zero attached hydrogens (tertiary/aromatic N) is 3. The smallest absolute Gasteiger partial charge is 0.251 e. The van der Waals surface area contributed by atoms with E-state index in [1.807, 2.05) is 0 Å². The van der Waals surface area contributed by atoms with Gasteiger partial charge in [-0.25, -0.2) is 0 Å². The summed E-state index contributed by atoms with van der Waals surface area (Å²) in [5, 5.41) is 6.45. The summed E-state index contributed by atoms with van der Waals surface area (Å²) >= 11 is 0. The average molecular weight is 258 g/mol. The number of azide groups is 1. The van der Waals surface area contributed by atoms with Gasteiger partial charge in [0.15, 0.2) is 0 Å². The highest BCUT2D eigenvalue weighted by molar-refractivity contribution is 5.94. The van der Waals surface area contributed by atoms with Crippen LogP contribution in [0.3, 0.4) is 0 Å². The maximum atomic E-state index is 11.9. The van der Waals surface area contributed by atoms with E-state index in [-0.39, 0.29) is 5.91 Å². The Labute approximate surface area is 112 Å². The summed E-state index contributed by atoms with van der Waals surface area (Å²) in [4.78, 5) is 14.6. The fraction of sp³-hybridized carbons (Fsp3) is 0.500. The van der Waals surface area contributed by atoms with E-state index in [4.69, 9.17) is 5.53 Å². The molecule has 0 heterocycles. The summed E-state index contributed by atoms with van der Waals surface area (Å²) in [5.41, 5.74) is 9.43. The number of amides is 1. The lowest BCUT2D eigenvalue weighted by atomic mass is 9.89. The van der Waals surface area contributed by atoms with E-state index < -0.39 is 0 Å². The molecular formula is C14H18N4O. The zero-order valence-electron chi connectivity index (χ0n) is 10.9. The first-order valence-electron chi connectivity index (χ1n) is 6.73. The first-order valence-corrected chi connectivity index (χ1v) is 6.73. The van der Waals surface area contributed by atoms with Gasteiger partial charge in [-0.3, -0.25) is 4.79 Å². The Kier molecular flexibility index (Phi) is 4.81. The van der Waals surface area contributed by atoms with Gasteiger partial charge < -0.3 is 5.32 Å². The van der Waals surface area contributed by atoms with Gasteiger partial charge in [0, 0.05) is 22.7 Å². The van der Waals surface area contributed by atoms with Crippen LogP contribution in [-0.2, 0) is 0 Å². The van der Waals surface area contributed by atoms with Gasteiger partial charge in [-0.15, -0.1) is 0 Å². The van der Waals surface area contributed by atoms with E-state index in [0.717, 1.165) is 6.54 Å². The number of rotatable bonds is 4. The van der Waals surface area contributed by atoms with Crippen molar-refractivity contribution in [3.05, 3.63) is 40.3 Å². The molecule has 100 valence electrons. The molecule has 19 heavy (non-hydrogen) atoms. The van der Waals surface area contributed by atoms with Gasteiger partial charge in [-0.05, 0) is 36.4 Å². The molecule has 1 aliphatic rings. The van der Waals surface area contributed by atoms with E-state index in [0.29, 0.717) is 17.2 Å². The normalized spacial score (nSPS) is 15.6. The SMILES string of the molecule is [N-]=[N+]=Nc1ccc(C(=O)NCC2CCCCC2)cc1. The molecule has 2 rings (SSSR count). The number of hydrogen-bond donors (Lipinski definition) is 1. The Morgan fingerprint density at radius 3 is 2.58 bits per heavy atom. The number of benzene rings is 1. The maximum Gasteiger partial charge on any atom is 0.251 e. The second kappa shape index (κ2) is 6.81. The Morgan fingerprint density at radius 1 is 1.26 bits per heavy atom. The quantitative estimate of drug-likeness (QED) is 0.495. The highest BCUT2D eigenvalue weighted by Gasteiger charge is 2.14. The molecule has 0 atom stereocenters. The molecule has 0 unspecified atom stereocenters. The summed E-state index contributed by atoms with van der Waals surface area (Å²) in [6.45, 7) is 0.761. The van der Waals surface area contributed by atoms with Crippen LogP contribution in [0.15, 0.2) is 29.4 Å². The molecule has 1 aromatic rings. The predicted octanol–water partition coefficient (Wildman–Crippen LogP) is 3.94. The molecule has 5 nitrogen and oxygen atoms in total. The van der Waals surface area contributed by atoms with Crippen LogP contribution in [0.2, 0.25) is 0 Å². The molecule has 0 aliphatic heterocycles. The Bertz CT molecular complexity index is 471. The molecule has 0 saturated heterocycles. The Hall–Kier alpha value is -2.00. The highest BCUT2D eigenvalue weighted by Crippen LogP contribution is 2.22. The van der Waals surface area contributed by atoms with E-state index in [1.165, 1.54) is 32.1 Å². The molecule has 5 heteroatoms. The molecule has 1 fully saturated rings. The lowest BCUT2D eigenvalue weighted by Gasteiger charge is -2.21. The van der Waals surface area contributed by atoms with Crippen LogP contribution in [0.25, 0.3) is 10.4 Å². The van der Waals surface area contributed by atoms with Gasteiger partial charge in [0.25, 0.3) is 5.91 Å². The second-order valence-corrected chi connectivity index (χ2v) is 4.95.